The monoisotopic (exact) mass is 564 g/mol. The Hall–Kier alpha value is -3.09. The van der Waals surface area contributed by atoms with Crippen molar-refractivity contribution in [1.29, 1.82) is 0 Å². The van der Waals surface area contributed by atoms with Gasteiger partial charge in [-0.25, -0.2) is 4.79 Å². The van der Waals surface area contributed by atoms with Gasteiger partial charge >= 0.3 is 5.97 Å². The molecule has 4 saturated carbocycles. The molecule has 8 heteroatoms. The Morgan fingerprint density at radius 2 is 1.39 bits per heavy atom. The Kier molecular flexibility index (Phi) is 9.20. The highest BCUT2D eigenvalue weighted by Gasteiger charge is 2.52. The first kappa shape index (κ1) is 29.4. The first-order valence-electron chi connectivity index (χ1n) is 14.4. The van der Waals surface area contributed by atoms with E-state index in [0.717, 1.165) is 53.9 Å². The first-order valence-corrected chi connectivity index (χ1v) is 14.4. The Balaban J connectivity index is 1.53. The molecule has 0 aromatic heterocycles. The number of carboxylic acid groups (broad SMARTS) is 1. The third-order valence-electron chi connectivity index (χ3n) is 8.86. The van der Waals surface area contributed by atoms with Gasteiger partial charge in [-0.2, -0.15) is 0 Å². The molecular weight excluding hydrogens is 524 g/mol. The van der Waals surface area contributed by atoms with Crippen LogP contribution in [0.2, 0.25) is 0 Å². The molecule has 4 aliphatic carbocycles. The minimum absolute atomic E-state index is 0.0235. The molecule has 0 radical (unpaired) electrons. The lowest BCUT2D eigenvalue weighted by molar-refractivity contribution is -0.150. The van der Waals surface area contributed by atoms with Crippen LogP contribution in [-0.4, -0.2) is 51.5 Å². The lowest BCUT2D eigenvalue weighted by Gasteiger charge is -2.57. The van der Waals surface area contributed by atoms with Crippen LogP contribution in [0.1, 0.15) is 79.4 Å². The molecule has 1 N–H and O–H groups in total. The highest BCUT2D eigenvalue weighted by molar-refractivity contribution is 5.87. The number of hydrogen-bond acceptors (Lipinski definition) is 7. The van der Waals surface area contributed by atoms with Gasteiger partial charge in [-0.1, -0.05) is 11.8 Å². The van der Waals surface area contributed by atoms with Crippen LogP contribution in [0.5, 0.6) is 11.5 Å². The maximum Gasteiger partial charge on any atom is 0.335 e. The summed E-state index contributed by atoms with van der Waals surface area (Å²) in [6, 6.07) is 10.6. The lowest BCUT2D eigenvalue weighted by atomic mass is 9.48. The molecule has 8 nitrogen and oxygen atoms in total. The maximum absolute atomic E-state index is 11.3. The van der Waals surface area contributed by atoms with Crippen molar-refractivity contribution in [3.63, 3.8) is 0 Å². The van der Waals surface area contributed by atoms with Crippen molar-refractivity contribution in [2.24, 2.45) is 17.8 Å². The second-order valence-electron chi connectivity index (χ2n) is 11.6. The summed E-state index contributed by atoms with van der Waals surface area (Å²) in [5, 5.41) is 9.24. The van der Waals surface area contributed by atoms with Crippen molar-refractivity contribution in [2.75, 3.05) is 27.8 Å². The van der Waals surface area contributed by atoms with Crippen molar-refractivity contribution >= 4 is 5.97 Å². The van der Waals surface area contributed by atoms with Crippen molar-refractivity contribution in [3.05, 3.63) is 58.7 Å². The van der Waals surface area contributed by atoms with Gasteiger partial charge in [0.1, 0.15) is 11.5 Å². The zero-order valence-electron chi connectivity index (χ0n) is 24.3. The summed E-state index contributed by atoms with van der Waals surface area (Å²) in [6.07, 6.45) is 6.64. The summed E-state index contributed by atoms with van der Waals surface area (Å²) in [4.78, 5) is 11.3. The molecule has 4 aliphatic rings. The molecule has 0 saturated heterocycles. The summed E-state index contributed by atoms with van der Waals surface area (Å²) in [6.45, 7) is 3.65. The third-order valence-corrected chi connectivity index (χ3v) is 8.86. The Labute approximate surface area is 242 Å². The van der Waals surface area contributed by atoms with Crippen LogP contribution in [0, 0.1) is 29.6 Å². The number of rotatable bonds is 12. The van der Waals surface area contributed by atoms with Crippen LogP contribution in [0.3, 0.4) is 0 Å². The standard InChI is InChI=1S/C33H40O8/c1-21(36-3)38-19-40-30-15-31(41-20-39-22(2)37-4)29(33-16-24-11-25(17-33)13-26(12-24)18-33)14-28(30)10-7-23-5-8-27(9-6-23)32(34)35/h5-6,8-9,14-15,21-22,24-26H,11-13,16-20H2,1-4H3,(H,34,35). The van der Waals surface area contributed by atoms with Crippen molar-refractivity contribution in [2.45, 2.75) is 70.4 Å². The minimum atomic E-state index is -0.967. The Morgan fingerprint density at radius 1 is 0.854 bits per heavy atom. The van der Waals surface area contributed by atoms with Gasteiger partial charge < -0.3 is 33.5 Å². The number of ether oxygens (including phenoxy) is 6. The fraction of sp³-hybridized carbons (Fsp3) is 0.545. The lowest BCUT2D eigenvalue weighted by Crippen LogP contribution is -2.48. The van der Waals surface area contributed by atoms with Gasteiger partial charge in [0.2, 0.25) is 0 Å². The minimum Gasteiger partial charge on any atom is -0.478 e. The molecule has 2 aromatic rings. The van der Waals surface area contributed by atoms with Crippen LogP contribution in [0.15, 0.2) is 36.4 Å². The van der Waals surface area contributed by atoms with Gasteiger partial charge in [0.05, 0.1) is 11.1 Å². The molecule has 220 valence electrons. The molecule has 4 bridgehead atoms. The first-order chi connectivity index (χ1) is 19.8. The number of aromatic carboxylic acids is 1. The zero-order valence-corrected chi connectivity index (χ0v) is 24.3. The average Bonchev–Trinajstić information content (AvgIpc) is 2.95. The molecule has 6 rings (SSSR count). The number of methoxy groups -OCH3 is 2. The summed E-state index contributed by atoms with van der Waals surface area (Å²) < 4.78 is 34.1. The molecule has 4 fully saturated rings. The highest BCUT2D eigenvalue weighted by atomic mass is 16.7. The van der Waals surface area contributed by atoms with E-state index in [0.29, 0.717) is 11.3 Å². The second-order valence-corrected chi connectivity index (χ2v) is 11.6. The van der Waals surface area contributed by atoms with Crippen LogP contribution < -0.4 is 9.47 Å². The van der Waals surface area contributed by atoms with E-state index in [-0.39, 0.29) is 24.6 Å². The molecule has 41 heavy (non-hydrogen) atoms. The van der Waals surface area contributed by atoms with E-state index in [1.165, 1.54) is 19.3 Å². The summed E-state index contributed by atoms with van der Waals surface area (Å²) in [7, 11) is 3.17. The molecule has 0 spiro atoms. The molecule has 0 heterocycles. The summed E-state index contributed by atoms with van der Waals surface area (Å²) >= 11 is 0. The molecule has 2 aromatic carbocycles. The fourth-order valence-electron chi connectivity index (χ4n) is 7.11. The smallest absolute Gasteiger partial charge is 0.335 e. The SMILES string of the molecule is COC(C)OCOc1cc(OCOC(C)OC)c(C23CC4CC(CC(C4)C2)C3)cc1C#Cc1ccc(C(=O)O)cc1. The van der Waals surface area contributed by atoms with Crippen LogP contribution in [0.4, 0.5) is 0 Å². The topological polar surface area (TPSA) is 92.7 Å². The van der Waals surface area contributed by atoms with Gasteiger partial charge in [0, 0.05) is 31.4 Å². The number of hydrogen-bond donors (Lipinski definition) is 1. The number of carboxylic acids is 1. The van der Waals surface area contributed by atoms with Crippen molar-refractivity contribution in [1.82, 2.24) is 0 Å². The second kappa shape index (κ2) is 12.8. The van der Waals surface area contributed by atoms with E-state index in [9.17, 15) is 9.90 Å². The van der Waals surface area contributed by atoms with Gasteiger partial charge in [0.25, 0.3) is 0 Å². The average molecular weight is 565 g/mol. The van der Waals surface area contributed by atoms with Gasteiger partial charge in [-0.3, -0.25) is 0 Å². The molecule has 2 unspecified atom stereocenters. The normalized spacial score (nSPS) is 25.7. The Bertz CT molecular complexity index is 1240. The van der Waals surface area contributed by atoms with Crippen LogP contribution >= 0.6 is 0 Å². The van der Waals surface area contributed by atoms with Gasteiger partial charge in [0.15, 0.2) is 26.2 Å². The quantitative estimate of drug-likeness (QED) is 0.250. The predicted octanol–water partition coefficient (Wildman–Crippen LogP) is 5.94. The molecule has 0 aliphatic heterocycles. The summed E-state index contributed by atoms with van der Waals surface area (Å²) in [5.41, 5.74) is 2.86. The highest BCUT2D eigenvalue weighted by Crippen LogP contribution is 2.62. The van der Waals surface area contributed by atoms with Crippen molar-refractivity contribution in [3.8, 4) is 23.3 Å². The van der Waals surface area contributed by atoms with Crippen molar-refractivity contribution < 1.29 is 38.3 Å². The number of benzene rings is 2. The maximum atomic E-state index is 11.3. The largest absolute Gasteiger partial charge is 0.478 e. The zero-order chi connectivity index (χ0) is 29.0. The fourth-order valence-corrected chi connectivity index (χ4v) is 7.11. The van der Waals surface area contributed by atoms with Gasteiger partial charge in [-0.15, -0.1) is 0 Å². The molecule has 0 amide bonds. The molecule has 2 atom stereocenters. The Morgan fingerprint density at radius 3 is 1.90 bits per heavy atom. The summed E-state index contributed by atoms with van der Waals surface area (Å²) in [5.74, 6) is 9.05. The number of carbonyl (C=O) groups is 1. The van der Waals surface area contributed by atoms with E-state index in [1.54, 1.807) is 45.4 Å². The van der Waals surface area contributed by atoms with Crippen LogP contribution in [0.25, 0.3) is 0 Å². The van der Waals surface area contributed by atoms with E-state index >= 15 is 0 Å². The van der Waals surface area contributed by atoms with E-state index in [1.807, 2.05) is 13.0 Å². The van der Waals surface area contributed by atoms with E-state index in [4.69, 9.17) is 28.4 Å². The van der Waals surface area contributed by atoms with E-state index < -0.39 is 18.5 Å². The van der Waals surface area contributed by atoms with Gasteiger partial charge in [-0.05, 0) is 106 Å². The predicted molar refractivity (Wildman–Crippen MR) is 152 cm³/mol. The van der Waals surface area contributed by atoms with Crippen LogP contribution in [-0.2, 0) is 24.4 Å². The third kappa shape index (κ3) is 6.87. The van der Waals surface area contributed by atoms with E-state index in [2.05, 4.69) is 17.9 Å². The molecular formula is C33H40O8.